The normalized spacial score (nSPS) is 21.1. The first kappa shape index (κ1) is 23.5. The van der Waals surface area contributed by atoms with E-state index in [1.807, 2.05) is 18.2 Å². The zero-order valence-corrected chi connectivity index (χ0v) is 20.3. The molecule has 1 saturated carbocycles. The number of rotatable bonds is 3. The van der Waals surface area contributed by atoms with Crippen LogP contribution in [0.2, 0.25) is 5.02 Å². The summed E-state index contributed by atoms with van der Waals surface area (Å²) in [4.78, 5) is 48.1. The van der Waals surface area contributed by atoms with Crippen LogP contribution in [0.5, 0.6) is 0 Å². The first-order valence-corrected chi connectivity index (χ1v) is 12.5. The van der Waals surface area contributed by atoms with E-state index in [0.29, 0.717) is 50.0 Å². The second-order valence-corrected chi connectivity index (χ2v) is 9.85. The molecule has 2 saturated heterocycles. The Balaban J connectivity index is 1.21. The van der Waals surface area contributed by atoms with Gasteiger partial charge in [0.15, 0.2) is 0 Å². The van der Waals surface area contributed by atoms with E-state index in [1.54, 1.807) is 11.0 Å². The molecule has 35 heavy (non-hydrogen) atoms. The van der Waals surface area contributed by atoms with E-state index < -0.39 is 6.04 Å². The molecule has 0 bridgehead atoms. The summed E-state index contributed by atoms with van der Waals surface area (Å²) in [7, 11) is 0. The molecular weight excluding hydrogens is 470 g/mol. The number of hydrogen-bond donors (Lipinski definition) is 3. The van der Waals surface area contributed by atoms with Crippen molar-refractivity contribution in [2.75, 3.05) is 43.4 Å². The van der Waals surface area contributed by atoms with E-state index in [4.69, 9.17) is 17.3 Å². The second-order valence-electron chi connectivity index (χ2n) is 9.41. The van der Waals surface area contributed by atoms with Gasteiger partial charge >= 0.3 is 12.1 Å². The van der Waals surface area contributed by atoms with Crippen molar-refractivity contribution in [3.63, 3.8) is 0 Å². The van der Waals surface area contributed by atoms with Crippen LogP contribution in [0.25, 0.3) is 10.9 Å². The second kappa shape index (κ2) is 9.77. The summed E-state index contributed by atoms with van der Waals surface area (Å²) in [5.74, 6) is 0.0853. The monoisotopic (exact) mass is 499 g/mol. The summed E-state index contributed by atoms with van der Waals surface area (Å²) in [6, 6.07) is 6.24. The molecular formula is C24H30ClN7O3. The molecule has 3 heterocycles. The number of nitrogens with zero attached hydrogens (tertiary/aromatic N) is 4. The first-order chi connectivity index (χ1) is 16.9. The largest absolute Gasteiger partial charge is 0.384 e. The van der Waals surface area contributed by atoms with Gasteiger partial charge < -0.3 is 26.2 Å². The van der Waals surface area contributed by atoms with Gasteiger partial charge in [-0.25, -0.2) is 14.6 Å². The average molecular weight is 500 g/mol. The van der Waals surface area contributed by atoms with Gasteiger partial charge in [0, 0.05) is 60.9 Å². The molecule has 3 fully saturated rings. The van der Waals surface area contributed by atoms with Crippen LogP contribution < -0.4 is 21.3 Å². The lowest BCUT2D eigenvalue weighted by molar-refractivity contribution is -0.129. The van der Waals surface area contributed by atoms with E-state index in [0.717, 1.165) is 42.3 Å². The van der Waals surface area contributed by atoms with Crippen LogP contribution in [-0.4, -0.2) is 77.6 Å². The number of piperazine rings is 1. The quantitative estimate of drug-likeness (QED) is 0.596. The van der Waals surface area contributed by atoms with Crippen LogP contribution in [0.3, 0.4) is 0 Å². The topological polar surface area (TPSA) is 124 Å². The molecule has 1 aliphatic carbocycles. The standard InChI is InChI=1S/C24H30ClN7O3/c25-15-4-7-17-19(13-15)28-21(26)14-20(17)30-9-11-31(12-10-30)23(34)29-18-3-1-2-8-32(22(18)33)24(35)27-16-5-6-16/h4,7,13-14,16,18H,1-3,5-6,8-12H2,(H2,26,28)(H,27,35)(H,29,34). The third-order valence-corrected chi connectivity index (χ3v) is 7.05. The molecule has 1 aromatic heterocycles. The Labute approximate surface area is 208 Å². The molecule has 5 amide bonds. The van der Waals surface area contributed by atoms with Crippen molar-refractivity contribution in [1.82, 2.24) is 25.4 Å². The lowest BCUT2D eigenvalue weighted by Gasteiger charge is -2.37. The number of likely N-dealkylation sites (tertiary alicyclic amines) is 1. The summed E-state index contributed by atoms with van der Waals surface area (Å²) in [5, 5.41) is 7.31. The number of aromatic nitrogens is 1. The third kappa shape index (κ3) is 5.22. The summed E-state index contributed by atoms with van der Waals surface area (Å²) in [5.41, 5.74) is 7.72. The van der Waals surface area contributed by atoms with Crippen LogP contribution in [0.15, 0.2) is 24.3 Å². The highest BCUT2D eigenvalue weighted by molar-refractivity contribution is 6.31. The highest BCUT2D eigenvalue weighted by atomic mass is 35.5. The van der Waals surface area contributed by atoms with Gasteiger partial charge in [0.2, 0.25) is 0 Å². The average Bonchev–Trinajstić information content (AvgIpc) is 3.67. The Morgan fingerprint density at radius 3 is 2.49 bits per heavy atom. The fourth-order valence-electron chi connectivity index (χ4n) is 4.71. The summed E-state index contributed by atoms with van der Waals surface area (Å²) < 4.78 is 0. The van der Waals surface area contributed by atoms with Gasteiger partial charge in [0.25, 0.3) is 5.91 Å². The summed E-state index contributed by atoms with van der Waals surface area (Å²) in [6.45, 7) is 2.61. The molecule has 1 aromatic carbocycles. The number of amides is 5. The molecule has 3 aliphatic rings. The molecule has 1 unspecified atom stereocenters. The number of hydrogen-bond acceptors (Lipinski definition) is 6. The van der Waals surface area contributed by atoms with Crippen LogP contribution in [0, 0.1) is 0 Å². The number of carbonyl (C=O) groups excluding carboxylic acids is 3. The molecule has 1 atom stereocenters. The van der Waals surface area contributed by atoms with Crippen LogP contribution >= 0.6 is 11.6 Å². The van der Waals surface area contributed by atoms with Gasteiger partial charge in [0.05, 0.1) is 5.52 Å². The Bertz CT molecular complexity index is 1140. The molecule has 10 nitrogen and oxygen atoms in total. The van der Waals surface area contributed by atoms with Gasteiger partial charge in [-0.05, 0) is 50.3 Å². The summed E-state index contributed by atoms with van der Waals surface area (Å²) in [6.07, 6.45) is 3.95. The minimum absolute atomic E-state index is 0.174. The molecule has 2 aliphatic heterocycles. The van der Waals surface area contributed by atoms with Gasteiger partial charge in [0.1, 0.15) is 11.9 Å². The van der Waals surface area contributed by atoms with Crippen molar-refractivity contribution < 1.29 is 14.4 Å². The maximum atomic E-state index is 13.0. The molecule has 4 N–H and O–H groups in total. The number of nitrogens with two attached hydrogens (primary N) is 1. The molecule has 0 spiro atoms. The Morgan fingerprint density at radius 1 is 0.971 bits per heavy atom. The smallest absolute Gasteiger partial charge is 0.324 e. The predicted molar refractivity (Wildman–Crippen MR) is 134 cm³/mol. The first-order valence-electron chi connectivity index (χ1n) is 12.2. The molecule has 5 rings (SSSR count). The van der Waals surface area contributed by atoms with Gasteiger partial charge in [-0.3, -0.25) is 9.69 Å². The van der Waals surface area contributed by atoms with Gasteiger partial charge in [-0.1, -0.05) is 11.6 Å². The Morgan fingerprint density at radius 2 is 1.74 bits per heavy atom. The number of halogens is 1. The number of imide groups is 1. The number of benzene rings is 1. The molecule has 0 radical (unpaired) electrons. The van der Waals surface area contributed by atoms with E-state index in [2.05, 4.69) is 20.5 Å². The number of urea groups is 2. The zero-order valence-electron chi connectivity index (χ0n) is 19.5. The van der Waals surface area contributed by atoms with E-state index in [-0.39, 0.29) is 24.0 Å². The zero-order chi connectivity index (χ0) is 24.5. The van der Waals surface area contributed by atoms with E-state index in [1.165, 1.54) is 4.90 Å². The van der Waals surface area contributed by atoms with Crippen molar-refractivity contribution in [3.05, 3.63) is 29.3 Å². The van der Waals surface area contributed by atoms with Crippen molar-refractivity contribution >= 4 is 52.0 Å². The number of nitrogens with one attached hydrogen (secondary N) is 2. The van der Waals surface area contributed by atoms with Crippen LogP contribution in [0.4, 0.5) is 21.1 Å². The fraction of sp³-hybridized carbons (Fsp3) is 0.500. The Kier molecular flexibility index (Phi) is 6.55. The number of carbonyl (C=O) groups is 3. The number of pyridine rings is 1. The number of anilines is 2. The van der Waals surface area contributed by atoms with Gasteiger partial charge in [-0.15, -0.1) is 0 Å². The van der Waals surface area contributed by atoms with Crippen molar-refractivity contribution in [3.8, 4) is 0 Å². The number of nitrogen functional groups attached to an aromatic ring is 1. The van der Waals surface area contributed by atoms with Crippen LogP contribution in [0.1, 0.15) is 32.1 Å². The highest BCUT2D eigenvalue weighted by Gasteiger charge is 2.35. The van der Waals surface area contributed by atoms with Crippen molar-refractivity contribution in [1.29, 1.82) is 0 Å². The SMILES string of the molecule is Nc1cc(N2CCN(C(=O)NC3CCCCN(C(=O)NC4CC4)C3=O)CC2)c2ccc(Cl)cc2n1. The van der Waals surface area contributed by atoms with Crippen molar-refractivity contribution in [2.24, 2.45) is 0 Å². The maximum absolute atomic E-state index is 13.0. The maximum Gasteiger partial charge on any atom is 0.324 e. The minimum Gasteiger partial charge on any atom is -0.384 e. The fourth-order valence-corrected chi connectivity index (χ4v) is 4.88. The molecule has 11 heteroatoms. The third-order valence-electron chi connectivity index (χ3n) is 6.81. The van der Waals surface area contributed by atoms with Crippen molar-refractivity contribution in [2.45, 2.75) is 44.2 Å². The lowest BCUT2D eigenvalue weighted by Crippen LogP contribution is -2.57. The Hall–Kier alpha value is -3.27. The molecule has 186 valence electrons. The lowest BCUT2D eigenvalue weighted by atomic mass is 10.1. The number of fused-ring (bicyclic) bond motifs is 1. The van der Waals surface area contributed by atoms with E-state index in [9.17, 15) is 14.4 Å². The minimum atomic E-state index is -0.693. The predicted octanol–water partition coefficient (Wildman–Crippen LogP) is 2.56. The van der Waals surface area contributed by atoms with Crippen LogP contribution in [-0.2, 0) is 4.79 Å². The molecule has 2 aromatic rings. The van der Waals surface area contributed by atoms with Gasteiger partial charge in [-0.2, -0.15) is 0 Å². The van der Waals surface area contributed by atoms with E-state index >= 15 is 0 Å². The summed E-state index contributed by atoms with van der Waals surface area (Å²) >= 11 is 6.12. The highest BCUT2D eigenvalue weighted by Crippen LogP contribution is 2.30.